The van der Waals surface area contributed by atoms with Crippen LogP contribution in [0.25, 0.3) is 0 Å². The molecule has 3 aromatic rings. The van der Waals surface area contributed by atoms with Gasteiger partial charge < -0.3 is 14.6 Å². The van der Waals surface area contributed by atoms with E-state index in [1.54, 1.807) is 6.26 Å². The smallest absolute Gasteiger partial charge is 0.223 e. The molecule has 3 heterocycles. The number of carbonyl (C=O) groups is 1. The molecule has 1 aliphatic heterocycles. The minimum atomic E-state index is 0.0349. The van der Waals surface area contributed by atoms with Crippen molar-refractivity contribution in [2.24, 2.45) is 5.92 Å². The third kappa shape index (κ3) is 4.72. The number of furan rings is 1. The second-order valence-electron chi connectivity index (χ2n) is 6.85. The second kappa shape index (κ2) is 8.75. The zero-order valence-corrected chi connectivity index (χ0v) is 16.9. The van der Waals surface area contributed by atoms with Crippen LogP contribution in [0, 0.1) is 5.92 Å². The number of aromatic nitrogens is 2. The first kappa shape index (κ1) is 19.0. The van der Waals surface area contributed by atoms with Gasteiger partial charge in [0.05, 0.1) is 12.8 Å². The standard InChI is InChI=1S/C20H21ClN4O2S/c21-16-5-3-14(4-6-16)12-18-23-20(28-24-18)25-9-7-15(8-10-25)19(26)22-13-17-2-1-11-27-17/h1-6,11,15H,7-10,12-13H2,(H,22,26). The highest BCUT2D eigenvalue weighted by Gasteiger charge is 2.26. The summed E-state index contributed by atoms with van der Waals surface area (Å²) in [5.41, 5.74) is 1.14. The Kier molecular flexibility index (Phi) is 5.92. The molecule has 0 bridgehead atoms. The zero-order valence-electron chi connectivity index (χ0n) is 15.3. The minimum absolute atomic E-state index is 0.0349. The quantitative estimate of drug-likeness (QED) is 0.659. The van der Waals surface area contributed by atoms with Crippen molar-refractivity contribution in [3.63, 3.8) is 0 Å². The van der Waals surface area contributed by atoms with Gasteiger partial charge in [0.25, 0.3) is 0 Å². The van der Waals surface area contributed by atoms with Crippen molar-refractivity contribution in [3.05, 3.63) is 64.8 Å². The van der Waals surface area contributed by atoms with E-state index in [0.717, 1.165) is 53.2 Å². The molecule has 0 unspecified atom stereocenters. The van der Waals surface area contributed by atoms with Gasteiger partial charge in [-0.3, -0.25) is 4.79 Å². The maximum absolute atomic E-state index is 12.4. The van der Waals surface area contributed by atoms with Gasteiger partial charge in [-0.1, -0.05) is 23.7 Å². The Morgan fingerprint density at radius 1 is 1.25 bits per heavy atom. The summed E-state index contributed by atoms with van der Waals surface area (Å²) in [4.78, 5) is 19.3. The van der Waals surface area contributed by atoms with Crippen LogP contribution in [0.4, 0.5) is 5.13 Å². The molecule has 0 aliphatic carbocycles. The Labute approximate surface area is 172 Å². The van der Waals surface area contributed by atoms with E-state index in [9.17, 15) is 4.79 Å². The predicted octanol–water partition coefficient (Wildman–Crippen LogP) is 3.91. The number of hydrogen-bond donors (Lipinski definition) is 1. The number of nitrogens with zero attached hydrogens (tertiary/aromatic N) is 3. The van der Waals surface area contributed by atoms with Crippen molar-refractivity contribution in [3.8, 4) is 0 Å². The fraction of sp³-hybridized carbons (Fsp3) is 0.350. The van der Waals surface area contributed by atoms with E-state index in [-0.39, 0.29) is 11.8 Å². The van der Waals surface area contributed by atoms with Gasteiger partial charge in [0.2, 0.25) is 11.0 Å². The first-order valence-electron chi connectivity index (χ1n) is 9.29. The molecule has 0 spiro atoms. The Morgan fingerprint density at radius 3 is 2.75 bits per heavy atom. The Balaban J connectivity index is 1.27. The van der Waals surface area contributed by atoms with Crippen molar-refractivity contribution in [2.45, 2.75) is 25.8 Å². The third-order valence-electron chi connectivity index (χ3n) is 4.89. The van der Waals surface area contributed by atoms with Crippen LogP contribution in [-0.4, -0.2) is 28.4 Å². The maximum atomic E-state index is 12.4. The number of piperidine rings is 1. The number of carbonyl (C=O) groups excluding carboxylic acids is 1. The number of anilines is 1. The number of amides is 1. The molecule has 2 aromatic heterocycles. The van der Waals surface area contributed by atoms with Crippen LogP contribution in [0.3, 0.4) is 0 Å². The molecule has 1 fully saturated rings. The van der Waals surface area contributed by atoms with Gasteiger partial charge in [0.15, 0.2) is 0 Å². The second-order valence-corrected chi connectivity index (χ2v) is 8.02. The van der Waals surface area contributed by atoms with Crippen molar-refractivity contribution in [2.75, 3.05) is 18.0 Å². The number of benzene rings is 1. The van der Waals surface area contributed by atoms with Crippen LogP contribution in [0.2, 0.25) is 5.02 Å². The van der Waals surface area contributed by atoms with Crippen LogP contribution in [-0.2, 0) is 17.8 Å². The van der Waals surface area contributed by atoms with Crippen LogP contribution in [0.15, 0.2) is 47.1 Å². The summed E-state index contributed by atoms with van der Waals surface area (Å²) >= 11 is 7.35. The predicted molar refractivity (Wildman–Crippen MR) is 110 cm³/mol. The van der Waals surface area contributed by atoms with Gasteiger partial charge in [0, 0.05) is 42.0 Å². The Hall–Kier alpha value is -2.38. The van der Waals surface area contributed by atoms with Gasteiger partial charge in [0.1, 0.15) is 11.6 Å². The van der Waals surface area contributed by atoms with Crippen LogP contribution >= 0.6 is 23.1 Å². The fourth-order valence-corrected chi connectivity index (χ4v) is 4.16. The first-order chi connectivity index (χ1) is 13.7. The summed E-state index contributed by atoms with van der Waals surface area (Å²) < 4.78 is 9.74. The number of halogens is 1. The molecule has 1 saturated heterocycles. The molecule has 6 nitrogen and oxygen atoms in total. The topological polar surface area (TPSA) is 71.3 Å². The summed E-state index contributed by atoms with van der Waals surface area (Å²) in [5, 5.41) is 4.62. The summed E-state index contributed by atoms with van der Waals surface area (Å²) in [6.45, 7) is 2.07. The lowest BCUT2D eigenvalue weighted by Crippen LogP contribution is -2.40. The average Bonchev–Trinajstić information content (AvgIpc) is 3.40. The number of rotatable bonds is 6. The average molecular weight is 417 g/mol. The molecular formula is C20H21ClN4O2S. The number of hydrogen-bond acceptors (Lipinski definition) is 6. The Bertz CT molecular complexity index is 903. The van der Waals surface area contributed by atoms with Gasteiger partial charge in [-0.15, -0.1) is 0 Å². The van der Waals surface area contributed by atoms with E-state index in [1.165, 1.54) is 11.5 Å². The van der Waals surface area contributed by atoms with Crippen LogP contribution in [0.5, 0.6) is 0 Å². The van der Waals surface area contributed by atoms with E-state index >= 15 is 0 Å². The first-order valence-corrected chi connectivity index (χ1v) is 10.4. The summed E-state index contributed by atoms with van der Waals surface area (Å²) in [7, 11) is 0. The van der Waals surface area contributed by atoms with Gasteiger partial charge in [-0.25, -0.2) is 4.98 Å². The van der Waals surface area contributed by atoms with E-state index in [0.29, 0.717) is 13.0 Å². The fourth-order valence-electron chi connectivity index (χ4n) is 3.29. The van der Waals surface area contributed by atoms with Gasteiger partial charge in [-0.2, -0.15) is 4.37 Å². The highest BCUT2D eigenvalue weighted by molar-refractivity contribution is 7.09. The largest absolute Gasteiger partial charge is 0.467 e. The lowest BCUT2D eigenvalue weighted by atomic mass is 9.96. The van der Waals surface area contributed by atoms with Crippen molar-refractivity contribution in [1.82, 2.24) is 14.7 Å². The Morgan fingerprint density at radius 2 is 2.04 bits per heavy atom. The van der Waals surface area contributed by atoms with E-state index < -0.39 is 0 Å². The number of nitrogens with one attached hydrogen (secondary N) is 1. The summed E-state index contributed by atoms with van der Waals surface area (Å²) in [5.74, 6) is 1.72. The van der Waals surface area contributed by atoms with Crippen molar-refractivity contribution < 1.29 is 9.21 Å². The molecule has 1 N–H and O–H groups in total. The molecule has 4 rings (SSSR count). The normalized spacial score (nSPS) is 15.0. The molecule has 1 amide bonds. The molecule has 0 saturated carbocycles. The molecule has 1 aliphatic rings. The van der Waals surface area contributed by atoms with Crippen molar-refractivity contribution in [1.29, 1.82) is 0 Å². The molecule has 146 valence electrons. The van der Waals surface area contributed by atoms with Crippen molar-refractivity contribution >= 4 is 34.2 Å². The van der Waals surface area contributed by atoms with Crippen LogP contribution < -0.4 is 10.2 Å². The molecule has 8 heteroatoms. The molecule has 0 atom stereocenters. The summed E-state index contributed by atoms with van der Waals surface area (Å²) in [6, 6.07) is 11.4. The SMILES string of the molecule is O=C(NCc1ccco1)C1CCN(c2nc(Cc3ccc(Cl)cc3)ns2)CC1. The third-order valence-corrected chi connectivity index (χ3v) is 5.95. The van der Waals surface area contributed by atoms with Crippen LogP contribution in [0.1, 0.15) is 30.0 Å². The molecule has 1 aromatic carbocycles. The lowest BCUT2D eigenvalue weighted by Gasteiger charge is -2.30. The molecular weight excluding hydrogens is 396 g/mol. The highest BCUT2D eigenvalue weighted by Crippen LogP contribution is 2.25. The summed E-state index contributed by atoms with van der Waals surface area (Å²) in [6.07, 6.45) is 3.94. The van der Waals surface area contributed by atoms with E-state index in [1.807, 2.05) is 36.4 Å². The minimum Gasteiger partial charge on any atom is -0.467 e. The highest BCUT2D eigenvalue weighted by atomic mass is 35.5. The van der Waals surface area contributed by atoms with Gasteiger partial charge >= 0.3 is 0 Å². The maximum Gasteiger partial charge on any atom is 0.223 e. The monoisotopic (exact) mass is 416 g/mol. The van der Waals surface area contributed by atoms with E-state index in [4.69, 9.17) is 16.0 Å². The molecule has 28 heavy (non-hydrogen) atoms. The van der Waals surface area contributed by atoms with Gasteiger partial charge in [-0.05, 0) is 42.7 Å². The molecule has 0 radical (unpaired) electrons. The zero-order chi connectivity index (χ0) is 19.3. The van der Waals surface area contributed by atoms with E-state index in [2.05, 4.69) is 19.6 Å². The lowest BCUT2D eigenvalue weighted by molar-refractivity contribution is -0.125.